The topological polar surface area (TPSA) is 43.8 Å². The molecule has 0 radical (unpaired) electrons. The number of piperidine rings is 2. The van der Waals surface area contributed by atoms with Crippen molar-refractivity contribution in [1.82, 2.24) is 9.80 Å². The van der Waals surface area contributed by atoms with Crippen molar-refractivity contribution in [3.05, 3.63) is 35.4 Å². The van der Waals surface area contributed by atoms with E-state index in [1.807, 2.05) is 12.1 Å². The number of likely N-dealkylation sites (N-methyl/N-ethyl adjacent to an activating group) is 1. The summed E-state index contributed by atoms with van der Waals surface area (Å²) in [5, 5.41) is 9.96. The molecule has 0 unspecified atom stereocenters. The second-order valence-electron chi connectivity index (χ2n) is 7.95. The van der Waals surface area contributed by atoms with Crippen LogP contribution in [0.5, 0.6) is 0 Å². The lowest BCUT2D eigenvalue weighted by atomic mass is 9.89. The van der Waals surface area contributed by atoms with Gasteiger partial charge in [-0.05, 0) is 75.7 Å². The highest BCUT2D eigenvalue weighted by Gasteiger charge is 2.43. The molecule has 0 saturated carbocycles. The molecule has 2 bridgehead atoms. The fourth-order valence-electron chi connectivity index (χ4n) is 4.99. The van der Waals surface area contributed by atoms with Crippen molar-refractivity contribution in [3.63, 3.8) is 0 Å². The largest absolute Gasteiger partial charge is 0.393 e. The van der Waals surface area contributed by atoms with Crippen LogP contribution in [0.2, 0.25) is 0 Å². The van der Waals surface area contributed by atoms with E-state index in [2.05, 4.69) is 29.0 Å². The summed E-state index contributed by atoms with van der Waals surface area (Å²) >= 11 is 0. The minimum atomic E-state index is -0.226. The van der Waals surface area contributed by atoms with Gasteiger partial charge >= 0.3 is 0 Å². The molecule has 4 nitrogen and oxygen atoms in total. The quantitative estimate of drug-likeness (QED) is 0.907. The Morgan fingerprint density at radius 1 is 1.17 bits per heavy atom. The number of likely N-dealkylation sites (tertiary alicyclic amines) is 1. The first kappa shape index (κ1) is 16.1. The number of hydrogen-bond donors (Lipinski definition) is 1. The Hall–Kier alpha value is -1.39. The van der Waals surface area contributed by atoms with E-state index in [-0.39, 0.29) is 24.1 Å². The number of benzene rings is 1. The average Bonchev–Trinajstić information content (AvgIpc) is 2.86. The van der Waals surface area contributed by atoms with Gasteiger partial charge < -0.3 is 14.9 Å². The van der Waals surface area contributed by atoms with Gasteiger partial charge in [-0.3, -0.25) is 4.79 Å². The summed E-state index contributed by atoms with van der Waals surface area (Å²) in [7, 11) is 2.18. The molecule has 130 valence electrons. The molecule has 0 aromatic heterocycles. The fourth-order valence-corrected chi connectivity index (χ4v) is 4.99. The number of aliphatic hydroxyl groups is 1. The number of nitrogens with zero attached hydrogens (tertiary/aromatic N) is 2. The smallest absolute Gasteiger partial charge is 0.254 e. The Kier molecular flexibility index (Phi) is 4.35. The summed E-state index contributed by atoms with van der Waals surface area (Å²) in [5.74, 6) is 0.705. The highest BCUT2D eigenvalue weighted by molar-refractivity contribution is 5.95. The van der Waals surface area contributed by atoms with E-state index in [0.717, 1.165) is 37.8 Å². The van der Waals surface area contributed by atoms with Crippen LogP contribution in [0, 0.1) is 0 Å². The molecule has 3 aliphatic heterocycles. The molecule has 0 spiro atoms. The monoisotopic (exact) mass is 328 g/mol. The van der Waals surface area contributed by atoms with E-state index in [9.17, 15) is 9.90 Å². The van der Waals surface area contributed by atoms with Gasteiger partial charge in [-0.25, -0.2) is 0 Å². The number of carbonyl (C=O) groups excluding carboxylic acids is 1. The predicted octanol–water partition coefficient (Wildman–Crippen LogP) is 2.62. The molecule has 3 aliphatic rings. The number of aliphatic hydroxyl groups excluding tert-OH is 1. The summed E-state index contributed by atoms with van der Waals surface area (Å²) in [4.78, 5) is 17.6. The fraction of sp³-hybridized carbons (Fsp3) is 0.650. The van der Waals surface area contributed by atoms with Crippen molar-refractivity contribution in [2.24, 2.45) is 0 Å². The van der Waals surface area contributed by atoms with E-state index in [0.29, 0.717) is 5.92 Å². The van der Waals surface area contributed by atoms with Crippen LogP contribution in [-0.4, -0.2) is 59.1 Å². The van der Waals surface area contributed by atoms with E-state index >= 15 is 0 Å². The molecule has 1 N–H and O–H groups in total. The number of fused-ring (bicyclic) bond motifs is 2. The number of hydrogen-bond acceptors (Lipinski definition) is 3. The van der Waals surface area contributed by atoms with Crippen LogP contribution >= 0.6 is 0 Å². The van der Waals surface area contributed by atoms with E-state index in [1.165, 1.54) is 24.9 Å². The molecule has 3 fully saturated rings. The Morgan fingerprint density at radius 2 is 1.92 bits per heavy atom. The van der Waals surface area contributed by atoms with Gasteiger partial charge in [-0.2, -0.15) is 0 Å². The van der Waals surface area contributed by atoms with E-state index in [4.69, 9.17) is 0 Å². The van der Waals surface area contributed by atoms with Crippen molar-refractivity contribution < 1.29 is 9.90 Å². The third kappa shape index (κ3) is 2.98. The second kappa shape index (κ2) is 6.49. The normalized spacial score (nSPS) is 33.7. The third-order valence-electron chi connectivity index (χ3n) is 6.17. The van der Waals surface area contributed by atoms with E-state index in [1.54, 1.807) is 0 Å². The zero-order chi connectivity index (χ0) is 16.7. The number of rotatable bonds is 2. The number of carbonyl (C=O) groups is 1. The molecule has 4 heteroatoms. The molecule has 3 atom stereocenters. The van der Waals surface area contributed by atoms with Crippen molar-refractivity contribution in [1.29, 1.82) is 0 Å². The minimum Gasteiger partial charge on any atom is -0.393 e. The van der Waals surface area contributed by atoms with Gasteiger partial charge in [0, 0.05) is 24.2 Å². The zero-order valence-electron chi connectivity index (χ0n) is 14.5. The first-order valence-corrected chi connectivity index (χ1v) is 9.41. The molecule has 0 aliphatic carbocycles. The summed E-state index contributed by atoms with van der Waals surface area (Å²) in [6.07, 6.45) is 5.79. The average molecular weight is 328 g/mol. The second-order valence-corrected chi connectivity index (χ2v) is 7.95. The number of amides is 1. The molecule has 4 rings (SSSR count). The molecular formula is C20H28N2O2. The van der Waals surface area contributed by atoms with Crippen molar-refractivity contribution in [3.8, 4) is 0 Å². The van der Waals surface area contributed by atoms with Gasteiger partial charge in [-0.15, -0.1) is 0 Å². The summed E-state index contributed by atoms with van der Waals surface area (Å²) in [6, 6.07) is 8.76. The van der Waals surface area contributed by atoms with Crippen molar-refractivity contribution in [2.75, 3.05) is 20.1 Å². The molecular weight excluding hydrogens is 300 g/mol. The van der Waals surface area contributed by atoms with Crippen LogP contribution < -0.4 is 0 Å². The molecule has 3 heterocycles. The Bertz CT molecular complexity index is 603. The predicted molar refractivity (Wildman–Crippen MR) is 94.1 cm³/mol. The van der Waals surface area contributed by atoms with Crippen LogP contribution in [-0.2, 0) is 0 Å². The first-order valence-electron chi connectivity index (χ1n) is 9.41. The van der Waals surface area contributed by atoms with Crippen LogP contribution in [0.4, 0.5) is 0 Å². The first-order chi connectivity index (χ1) is 11.6. The van der Waals surface area contributed by atoms with Crippen molar-refractivity contribution >= 4 is 5.91 Å². The van der Waals surface area contributed by atoms with Crippen molar-refractivity contribution in [2.45, 2.75) is 62.6 Å². The van der Waals surface area contributed by atoms with Crippen LogP contribution in [0.15, 0.2) is 24.3 Å². The van der Waals surface area contributed by atoms with E-state index < -0.39 is 0 Å². The maximum Gasteiger partial charge on any atom is 0.254 e. The molecule has 1 aromatic carbocycles. The van der Waals surface area contributed by atoms with Crippen LogP contribution in [0.1, 0.15) is 60.4 Å². The van der Waals surface area contributed by atoms with Gasteiger partial charge in [0.25, 0.3) is 5.91 Å². The third-order valence-corrected chi connectivity index (χ3v) is 6.17. The van der Waals surface area contributed by atoms with Gasteiger partial charge in [0.15, 0.2) is 0 Å². The summed E-state index contributed by atoms with van der Waals surface area (Å²) in [5.41, 5.74) is 2.13. The highest BCUT2D eigenvalue weighted by atomic mass is 16.3. The Labute approximate surface area is 144 Å². The molecule has 1 amide bonds. The Morgan fingerprint density at radius 3 is 2.62 bits per heavy atom. The zero-order valence-corrected chi connectivity index (χ0v) is 14.5. The molecule has 3 saturated heterocycles. The Balaban J connectivity index is 1.54. The van der Waals surface area contributed by atoms with Gasteiger partial charge in [0.05, 0.1) is 6.10 Å². The van der Waals surface area contributed by atoms with Gasteiger partial charge in [0.2, 0.25) is 0 Å². The van der Waals surface area contributed by atoms with Crippen LogP contribution in [0.3, 0.4) is 0 Å². The maximum atomic E-state index is 13.1. The van der Waals surface area contributed by atoms with Gasteiger partial charge in [-0.1, -0.05) is 12.1 Å². The standard InChI is InChI=1S/C20H28N2O2/c1-21-9-3-6-16(13-21)14-4-2-5-15(10-14)20(24)22-17-7-8-18(22)12-19(23)11-17/h2,4-5,10,16-19,23H,3,6-9,11-13H2,1H3/t16-,17+,18+/m1/s1. The lowest BCUT2D eigenvalue weighted by molar-refractivity contribution is 0.0287. The minimum absolute atomic E-state index is 0.167. The SMILES string of the molecule is CN1CCC[C@@H](c2cccc(C(=O)N3[C@H]4CC[C@H]3CC(O)C4)c2)C1. The summed E-state index contributed by atoms with van der Waals surface area (Å²) < 4.78 is 0. The lowest BCUT2D eigenvalue weighted by Gasteiger charge is -2.37. The molecule has 24 heavy (non-hydrogen) atoms. The molecule has 1 aromatic rings. The summed E-state index contributed by atoms with van der Waals surface area (Å²) in [6.45, 7) is 2.26. The van der Waals surface area contributed by atoms with Gasteiger partial charge in [0.1, 0.15) is 0 Å². The highest BCUT2D eigenvalue weighted by Crippen LogP contribution is 2.37. The maximum absolute atomic E-state index is 13.1. The lowest BCUT2D eigenvalue weighted by Crippen LogP contribution is -2.48. The van der Waals surface area contributed by atoms with Crippen LogP contribution in [0.25, 0.3) is 0 Å².